The zero-order valence-electron chi connectivity index (χ0n) is 5.46. The Morgan fingerprint density at radius 3 is 2.50 bits per heavy atom. The Labute approximate surface area is 58.0 Å². The predicted molar refractivity (Wildman–Crippen MR) is 34.1 cm³/mol. The maximum atomic E-state index is 10.6. The fraction of sp³-hybridized carbons (Fsp3) is 0.600. The van der Waals surface area contributed by atoms with Crippen molar-refractivity contribution in [3.8, 4) is 0 Å². The highest BCUT2D eigenvalue weighted by Gasteiger charge is 2.29. The van der Waals surface area contributed by atoms with Gasteiger partial charge in [0, 0.05) is 13.0 Å². The van der Waals surface area contributed by atoms with E-state index in [1.54, 1.807) is 0 Å². The molecule has 5 N–H and O–H groups in total. The third-order valence-electron chi connectivity index (χ3n) is 1.29. The maximum Gasteiger partial charge on any atom is 0.328 e. The SMILES string of the molecule is N.O=C(O)C1NCCC1=O. The van der Waals surface area contributed by atoms with E-state index in [4.69, 9.17) is 5.11 Å². The summed E-state index contributed by atoms with van der Waals surface area (Å²) in [5.41, 5.74) is 0. The normalized spacial score (nSPS) is 24.0. The molecule has 0 aromatic rings. The van der Waals surface area contributed by atoms with Gasteiger partial charge >= 0.3 is 5.97 Å². The highest BCUT2D eigenvalue weighted by molar-refractivity contribution is 6.03. The summed E-state index contributed by atoms with van der Waals surface area (Å²) in [6.07, 6.45) is 0.344. The number of aliphatic carboxylic acids is 1. The number of carboxylic acid groups (broad SMARTS) is 1. The first-order chi connectivity index (χ1) is 4.22. The van der Waals surface area contributed by atoms with Gasteiger partial charge in [-0.1, -0.05) is 0 Å². The van der Waals surface area contributed by atoms with Crippen molar-refractivity contribution in [2.45, 2.75) is 12.5 Å². The van der Waals surface area contributed by atoms with Crippen LogP contribution in [0.15, 0.2) is 0 Å². The van der Waals surface area contributed by atoms with E-state index in [0.717, 1.165) is 0 Å². The summed E-state index contributed by atoms with van der Waals surface area (Å²) in [4.78, 5) is 20.7. The molecular weight excluding hydrogens is 136 g/mol. The van der Waals surface area contributed by atoms with E-state index in [0.29, 0.717) is 13.0 Å². The molecule has 1 aliphatic heterocycles. The van der Waals surface area contributed by atoms with Crippen molar-refractivity contribution in [2.75, 3.05) is 6.54 Å². The van der Waals surface area contributed by atoms with E-state index in [1.165, 1.54) is 0 Å². The monoisotopic (exact) mass is 146 g/mol. The lowest BCUT2D eigenvalue weighted by atomic mass is 10.2. The lowest BCUT2D eigenvalue weighted by Gasteiger charge is -1.98. The van der Waals surface area contributed by atoms with E-state index in [9.17, 15) is 9.59 Å². The molecule has 1 rings (SSSR count). The lowest BCUT2D eigenvalue weighted by molar-refractivity contribution is -0.141. The van der Waals surface area contributed by atoms with Crippen LogP contribution in [0.1, 0.15) is 6.42 Å². The molecule has 1 atom stereocenters. The van der Waals surface area contributed by atoms with Crippen molar-refractivity contribution in [1.29, 1.82) is 0 Å². The van der Waals surface area contributed by atoms with Crippen molar-refractivity contribution < 1.29 is 14.7 Å². The summed E-state index contributed by atoms with van der Waals surface area (Å²) in [6, 6.07) is -0.940. The summed E-state index contributed by atoms with van der Waals surface area (Å²) in [5, 5.41) is 10.9. The molecule has 0 aliphatic carbocycles. The summed E-state index contributed by atoms with van der Waals surface area (Å²) in [5.74, 6) is -1.29. The smallest absolute Gasteiger partial charge is 0.328 e. The highest BCUT2D eigenvalue weighted by Crippen LogP contribution is 1.99. The van der Waals surface area contributed by atoms with Crippen LogP contribution in [0.25, 0.3) is 0 Å². The molecule has 0 aromatic carbocycles. The molecule has 1 fully saturated rings. The Morgan fingerprint density at radius 1 is 1.70 bits per heavy atom. The molecule has 5 nitrogen and oxygen atoms in total. The van der Waals surface area contributed by atoms with E-state index < -0.39 is 12.0 Å². The second-order valence-corrected chi connectivity index (χ2v) is 1.94. The number of hydrogen-bond acceptors (Lipinski definition) is 4. The number of carbonyl (C=O) groups excluding carboxylic acids is 1. The molecule has 0 radical (unpaired) electrons. The lowest BCUT2D eigenvalue weighted by Crippen LogP contribution is -2.35. The maximum absolute atomic E-state index is 10.6. The number of nitrogens with one attached hydrogen (secondary N) is 1. The molecule has 0 aromatic heterocycles. The Bertz CT molecular complexity index is 157. The number of hydrogen-bond donors (Lipinski definition) is 3. The summed E-state index contributed by atoms with van der Waals surface area (Å²) in [7, 11) is 0. The van der Waals surface area contributed by atoms with Gasteiger partial charge in [-0.15, -0.1) is 0 Å². The molecule has 0 saturated carbocycles. The van der Waals surface area contributed by atoms with Crippen LogP contribution in [-0.4, -0.2) is 29.4 Å². The molecule has 1 heterocycles. The van der Waals surface area contributed by atoms with Crippen LogP contribution in [0.4, 0.5) is 0 Å². The van der Waals surface area contributed by atoms with E-state index in [-0.39, 0.29) is 11.9 Å². The topological polar surface area (TPSA) is 101 Å². The van der Waals surface area contributed by atoms with Gasteiger partial charge < -0.3 is 11.3 Å². The fourth-order valence-corrected chi connectivity index (χ4v) is 0.823. The van der Waals surface area contributed by atoms with Gasteiger partial charge in [-0.05, 0) is 0 Å². The first kappa shape index (κ1) is 9.06. The van der Waals surface area contributed by atoms with Gasteiger partial charge in [0.05, 0.1) is 0 Å². The molecule has 5 heteroatoms. The average Bonchev–Trinajstić information content (AvgIpc) is 2.13. The van der Waals surface area contributed by atoms with E-state index in [2.05, 4.69) is 5.32 Å². The van der Waals surface area contributed by atoms with Crippen molar-refractivity contribution in [3.05, 3.63) is 0 Å². The van der Waals surface area contributed by atoms with Gasteiger partial charge in [-0.2, -0.15) is 0 Å². The van der Waals surface area contributed by atoms with Gasteiger partial charge in [0.15, 0.2) is 11.8 Å². The first-order valence-corrected chi connectivity index (χ1v) is 2.70. The summed E-state index contributed by atoms with van der Waals surface area (Å²) < 4.78 is 0. The van der Waals surface area contributed by atoms with Gasteiger partial charge in [-0.25, -0.2) is 0 Å². The Hall–Kier alpha value is -0.940. The first-order valence-electron chi connectivity index (χ1n) is 2.70. The summed E-state index contributed by atoms with van der Waals surface area (Å²) >= 11 is 0. The molecule has 1 unspecified atom stereocenters. The van der Waals surface area contributed by atoms with Gasteiger partial charge in [-0.3, -0.25) is 14.9 Å². The van der Waals surface area contributed by atoms with Crippen LogP contribution in [-0.2, 0) is 9.59 Å². The van der Waals surface area contributed by atoms with E-state index >= 15 is 0 Å². The van der Waals surface area contributed by atoms with Crippen molar-refractivity contribution in [1.82, 2.24) is 11.5 Å². The Morgan fingerprint density at radius 2 is 2.30 bits per heavy atom. The molecule has 1 saturated heterocycles. The van der Waals surface area contributed by atoms with Crippen molar-refractivity contribution >= 4 is 11.8 Å². The molecule has 0 amide bonds. The van der Waals surface area contributed by atoms with Crippen molar-refractivity contribution in [2.24, 2.45) is 0 Å². The molecule has 0 spiro atoms. The minimum Gasteiger partial charge on any atom is -0.480 e. The zero-order valence-corrected chi connectivity index (χ0v) is 5.46. The average molecular weight is 146 g/mol. The molecule has 10 heavy (non-hydrogen) atoms. The van der Waals surface area contributed by atoms with Crippen LogP contribution >= 0.6 is 0 Å². The largest absolute Gasteiger partial charge is 0.480 e. The number of ketones is 1. The van der Waals surface area contributed by atoms with Crippen LogP contribution < -0.4 is 11.5 Å². The van der Waals surface area contributed by atoms with Crippen LogP contribution in [0.5, 0.6) is 0 Å². The molecule has 0 bridgehead atoms. The van der Waals surface area contributed by atoms with Gasteiger partial charge in [0.1, 0.15) is 0 Å². The predicted octanol–water partition coefficient (Wildman–Crippen LogP) is -0.836. The number of Topliss-reactive ketones (excluding diaryl/α,β-unsaturated/α-hetero) is 1. The minimum absolute atomic E-state index is 0. The number of carbonyl (C=O) groups is 2. The van der Waals surface area contributed by atoms with Gasteiger partial charge in [0.2, 0.25) is 0 Å². The second kappa shape index (κ2) is 3.28. The van der Waals surface area contributed by atoms with Crippen LogP contribution in [0.2, 0.25) is 0 Å². The Balaban J connectivity index is 0.000000810. The second-order valence-electron chi connectivity index (χ2n) is 1.94. The number of rotatable bonds is 1. The minimum atomic E-state index is -1.07. The Kier molecular flexibility index (Phi) is 2.98. The third-order valence-corrected chi connectivity index (χ3v) is 1.29. The molecule has 1 aliphatic rings. The van der Waals surface area contributed by atoms with Crippen molar-refractivity contribution in [3.63, 3.8) is 0 Å². The fourth-order valence-electron chi connectivity index (χ4n) is 0.823. The van der Waals surface area contributed by atoms with E-state index in [1.807, 2.05) is 0 Å². The zero-order chi connectivity index (χ0) is 6.85. The molecule has 58 valence electrons. The third kappa shape index (κ3) is 1.52. The van der Waals surface area contributed by atoms with Crippen LogP contribution in [0.3, 0.4) is 0 Å². The number of carboxylic acids is 1. The van der Waals surface area contributed by atoms with Crippen LogP contribution in [0, 0.1) is 0 Å². The quantitative estimate of drug-likeness (QED) is 0.419. The van der Waals surface area contributed by atoms with Gasteiger partial charge in [0.25, 0.3) is 0 Å². The molecular formula is C5H10N2O3. The summed E-state index contributed by atoms with van der Waals surface area (Å²) in [6.45, 7) is 0.496. The standard InChI is InChI=1S/C5H7NO3.H3N/c7-3-1-2-6-4(3)5(8)9;/h4,6H,1-2H2,(H,8,9);1H3. The highest BCUT2D eigenvalue weighted by atomic mass is 16.4.